The Labute approximate surface area is 130 Å². The number of nitrogens with zero attached hydrogens (tertiary/aromatic N) is 1. The Hall–Kier alpha value is -0.880. The van der Waals surface area contributed by atoms with Crippen LogP contribution in [0.15, 0.2) is 24.3 Å². The van der Waals surface area contributed by atoms with Crippen LogP contribution < -0.4 is 0 Å². The number of hydrogen-bond acceptors (Lipinski definition) is 2. The fraction of sp³-hybridized carbons (Fsp3) is 0.500. The molecule has 0 aromatic heterocycles. The van der Waals surface area contributed by atoms with E-state index in [1.807, 2.05) is 18.2 Å². The molecule has 0 spiro atoms. The molecule has 1 aromatic rings. The molecule has 0 unspecified atom stereocenters. The minimum Gasteiger partial charge on any atom is -0.342 e. The van der Waals surface area contributed by atoms with Crippen LogP contribution in [0.5, 0.6) is 0 Å². The SMILES string of the molecule is O=C(CC(F)(F)F)N1CCS[C@H](c2ccccc2Cl)CC1. The number of thioether (sulfide) groups is 1. The van der Waals surface area contributed by atoms with Crippen LogP contribution in [0, 0.1) is 0 Å². The summed E-state index contributed by atoms with van der Waals surface area (Å²) in [4.78, 5) is 13.0. The second-order valence-corrected chi connectivity index (χ2v) is 6.56. The molecule has 1 saturated heterocycles. The maximum absolute atomic E-state index is 12.3. The molecule has 21 heavy (non-hydrogen) atoms. The molecule has 1 amide bonds. The number of rotatable bonds is 2. The second-order valence-electron chi connectivity index (χ2n) is 4.84. The highest BCUT2D eigenvalue weighted by Gasteiger charge is 2.34. The molecule has 1 aliphatic rings. The lowest BCUT2D eigenvalue weighted by Crippen LogP contribution is -2.35. The average molecular weight is 338 g/mol. The van der Waals surface area contributed by atoms with E-state index in [9.17, 15) is 18.0 Å². The number of hydrogen-bond donors (Lipinski definition) is 0. The standard InChI is InChI=1S/C14H15ClF3NOS/c15-11-4-2-1-3-10(11)12-5-6-19(7-8-21-12)13(20)9-14(16,17)18/h1-4,12H,5-9H2/t12-/m0/s1. The van der Waals surface area contributed by atoms with Gasteiger partial charge in [0.15, 0.2) is 0 Å². The third kappa shape index (κ3) is 4.81. The molecule has 1 aromatic carbocycles. The molecule has 1 aliphatic heterocycles. The number of amides is 1. The molecule has 0 radical (unpaired) electrons. The highest BCUT2D eigenvalue weighted by molar-refractivity contribution is 7.99. The van der Waals surface area contributed by atoms with Crippen molar-refractivity contribution >= 4 is 29.3 Å². The molecule has 0 saturated carbocycles. The van der Waals surface area contributed by atoms with Gasteiger partial charge in [0.2, 0.25) is 5.91 Å². The minimum absolute atomic E-state index is 0.113. The van der Waals surface area contributed by atoms with E-state index in [0.717, 1.165) is 5.56 Å². The zero-order valence-corrected chi connectivity index (χ0v) is 12.8. The Bertz CT molecular complexity index is 509. The van der Waals surface area contributed by atoms with Gasteiger partial charge in [-0.25, -0.2) is 0 Å². The lowest BCUT2D eigenvalue weighted by molar-refractivity contribution is -0.161. The third-order valence-electron chi connectivity index (χ3n) is 3.30. The first-order valence-corrected chi connectivity index (χ1v) is 8.00. The van der Waals surface area contributed by atoms with E-state index in [1.54, 1.807) is 17.8 Å². The summed E-state index contributed by atoms with van der Waals surface area (Å²) in [6.45, 7) is 0.679. The van der Waals surface area contributed by atoms with Crippen molar-refractivity contribution in [2.75, 3.05) is 18.8 Å². The van der Waals surface area contributed by atoms with Crippen LogP contribution in [-0.2, 0) is 4.79 Å². The molecule has 7 heteroatoms. The van der Waals surface area contributed by atoms with E-state index in [4.69, 9.17) is 11.6 Å². The summed E-state index contributed by atoms with van der Waals surface area (Å²) < 4.78 is 36.9. The summed E-state index contributed by atoms with van der Waals surface area (Å²) >= 11 is 7.79. The predicted molar refractivity (Wildman–Crippen MR) is 78.5 cm³/mol. The maximum atomic E-state index is 12.3. The predicted octanol–water partition coefficient (Wildman–Crippen LogP) is 4.30. The van der Waals surface area contributed by atoms with Crippen molar-refractivity contribution in [2.24, 2.45) is 0 Å². The topological polar surface area (TPSA) is 20.3 Å². The highest BCUT2D eigenvalue weighted by Crippen LogP contribution is 2.38. The van der Waals surface area contributed by atoms with E-state index >= 15 is 0 Å². The van der Waals surface area contributed by atoms with Crippen molar-refractivity contribution in [3.63, 3.8) is 0 Å². The fourth-order valence-corrected chi connectivity index (χ4v) is 3.89. The van der Waals surface area contributed by atoms with Crippen molar-refractivity contribution < 1.29 is 18.0 Å². The molecule has 1 atom stereocenters. The smallest absolute Gasteiger partial charge is 0.342 e. The van der Waals surface area contributed by atoms with Crippen LogP contribution >= 0.6 is 23.4 Å². The summed E-state index contributed by atoms with van der Waals surface area (Å²) in [6, 6.07) is 7.45. The molecule has 1 heterocycles. The molecule has 2 rings (SSSR count). The van der Waals surface area contributed by atoms with E-state index in [-0.39, 0.29) is 5.25 Å². The quantitative estimate of drug-likeness (QED) is 0.802. The Balaban J connectivity index is 1.99. The number of benzene rings is 1. The van der Waals surface area contributed by atoms with Crippen molar-refractivity contribution in [3.05, 3.63) is 34.9 Å². The Morgan fingerprint density at radius 2 is 2.05 bits per heavy atom. The van der Waals surface area contributed by atoms with Crippen LogP contribution in [-0.4, -0.2) is 35.8 Å². The molecular weight excluding hydrogens is 323 g/mol. The second kappa shape index (κ2) is 6.92. The van der Waals surface area contributed by atoms with Gasteiger partial charge in [-0.2, -0.15) is 24.9 Å². The first-order chi connectivity index (χ1) is 9.87. The monoisotopic (exact) mass is 337 g/mol. The van der Waals surface area contributed by atoms with Gasteiger partial charge in [0, 0.05) is 29.1 Å². The van der Waals surface area contributed by atoms with Gasteiger partial charge in [0.1, 0.15) is 6.42 Å². The summed E-state index contributed by atoms with van der Waals surface area (Å²) in [5.41, 5.74) is 0.981. The van der Waals surface area contributed by atoms with E-state index in [2.05, 4.69) is 0 Å². The zero-order valence-electron chi connectivity index (χ0n) is 11.2. The number of alkyl halides is 3. The van der Waals surface area contributed by atoms with Gasteiger partial charge in [0.05, 0.1) is 0 Å². The zero-order chi connectivity index (χ0) is 15.5. The van der Waals surface area contributed by atoms with Gasteiger partial charge in [-0.05, 0) is 18.1 Å². The molecule has 2 nitrogen and oxygen atoms in total. The van der Waals surface area contributed by atoms with Gasteiger partial charge < -0.3 is 4.90 Å². The van der Waals surface area contributed by atoms with E-state index in [0.29, 0.717) is 30.3 Å². The van der Waals surface area contributed by atoms with Crippen molar-refractivity contribution in [2.45, 2.75) is 24.3 Å². The number of halogens is 4. The largest absolute Gasteiger partial charge is 0.397 e. The van der Waals surface area contributed by atoms with Crippen LogP contribution in [0.2, 0.25) is 5.02 Å². The van der Waals surface area contributed by atoms with Gasteiger partial charge in [-0.15, -0.1) is 0 Å². The highest BCUT2D eigenvalue weighted by atomic mass is 35.5. The number of carbonyl (C=O) groups is 1. The van der Waals surface area contributed by atoms with Crippen molar-refractivity contribution in [3.8, 4) is 0 Å². The first kappa shape index (κ1) is 16.5. The lowest BCUT2D eigenvalue weighted by atomic mass is 10.1. The Morgan fingerprint density at radius 1 is 1.33 bits per heavy atom. The van der Waals surface area contributed by atoms with Gasteiger partial charge in [-0.1, -0.05) is 29.8 Å². The van der Waals surface area contributed by atoms with Crippen LogP contribution in [0.3, 0.4) is 0 Å². The molecule has 116 valence electrons. The summed E-state index contributed by atoms with van der Waals surface area (Å²) in [5, 5.41) is 0.771. The van der Waals surface area contributed by atoms with Gasteiger partial charge in [-0.3, -0.25) is 4.79 Å². The maximum Gasteiger partial charge on any atom is 0.397 e. The molecule has 0 bridgehead atoms. The van der Waals surface area contributed by atoms with E-state index in [1.165, 1.54) is 4.90 Å². The molecular formula is C14H15ClF3NOS. The third-order valence-corrected chi connectivity index (χ3v) is 4.95. The minimum atomic E-state index is -4.45. The van der Waals surface area contributed by atoms with Crippen LogP contribution in [0.1, 0.15) is 23.7 Å². The van der Waals surface area contributed by atoms with Gasteiger partial charge >= 0.3 is 6.18 Å². The summed E-state index contributed by atoms with van der Waals surface area (Å²) in [5.74, 6) is -0.234. The van der Waals surface area contributed by atoms with Crippen molar-refractivity contribution in [1.29, 1.82) is 0 Å². The van der Waals surface area contributed by atoms with E-state index < -0.39 is 18.5 Å². The molecule has 0 aliphatic carbocycles. The average Bonchev–Trinajstić information content (AvgIpc) is 2.63. The number of carbonyl (C=O) groups excluding carboxylic acids is 1. The molecule has 1 fully saturated rings. The fourth-order valence-electron chi connectivity index (χ4n) is 2.29. The van der Waals surface area contributed by atoms with Crippen LogP contribution in [0.4, 0.5) is 13.2 Å². The van der Waals surface area contributed by atoms with Crippen LogP contribution in [0.25, 0.3) is 0 Å². The Morgan fingerprint density at radius 3 is 2.71 bits per heavy atom. The van der Waals surface area contributed by atoms with Gasteiger partial charge in [0.25, 0.3) is 0 Å². The summed E-state index contributed by atoms with van der Waals surface area (Å²) in [6.07, 6.45) is -5.22. The van der Waals surface area contributed by atoms with Crippen molar-refractivity contribution in [1.82, 2.24) is 4.90 Å². The Kier molecular flexibility index (Phi) is 5.43. The normalized spacial score (nSPS) is 20.2. The molecule has 0 N–H and O–H groups in total. The first-order valence-electron chi connectivity index (χ1n) is 6.57. The summed E-state index contributed by atoms with van der Waals surface area (Å²) in [7, 11) is 0. The lowest BCUT2D eigenvalue weighted by Gasteiger charge is -2.21.